The van der Waals surface area contributed by atoms with E-state index in [0.717, 1.165) is 0 Å². The zero-order valence-electron chi connectivity index (χ0n) is 7.37. The van der Waals surface area contributed by atoms with Crippen molar-refractivity contribution in [3.8, 4) is 0 Å². The number of hydrogen-bond donors (Lipinski definition) is 2. The van der Waals surface area contributed by atoms with Crippen LogP contribution < -0.4 is 11.1 Å². The Morgan fingerprint density at radius 1 is 1.67 bits per heavy atom. The van der Waals surface area contributed by atoms with Crippen LogP contribution >= 0.6 is 0 Å². The van der Waals surface area contributed by atoms with Crippen molar-refractivity contribution in [2.75, 3.05) is 13.6 Å². The maximum Gasteiger partial charge on any atom is 0.227 e. The van der Waals surface area contributed by atoms with Crippen LogP contribution in [0.4, 0.5) is 0 Å². The molecule has 0 unspecified atom stereocenters. The number of hydrogen-bond acceptors (Lipinski definition) is 2. The molecular weight excluding hydrogens is 156 g/mol. The van der Waals surface area contributed by atoms with Gasteiger partial charge in [-0.3, -0.25) is 9.79 Å². The van der Waals surface area contributed by atoms with E-state index >= 15 is 0 Å². The van der Waals surface area contributed by atoms with Gasteiger partial charge in [0.05, 0.1) is 6.42 Å². The van der Waals surface area contributed by atoms with Gasteiger partial charge in [0.1, 0.15) is 12.2 Å². The standard InChI is InChI=1S/C7H14N4O/c1-3-10-7(12)4-6(8)11-5-9-2/h5H,3-4H2,1-2H3,(H,10,12)(H2,8,9,11). The maximum absolute atomic E-state index is 10.9. The Bertz CT molecular complexity index is 198. The molecule has 0 radical (unpaired) electrons. The van der Waals surface area contributed by atoms with E-state index in [9.17, 15) is 4.79 Å². The van der Waals surface area contributed by atoms with E-state index in [0.29, 0.717) is 6.54 Å². The molecule has 0 aromatic carbocycles. The van der Waals surface area contributed by atoms with Crippen LogP contribution in [0.1, 0.15) is 13.3 Å². The Morgan fingerprint density at radius 2 is 2.33 bits per heavy atom. The van der Waals surface area contributed by atoms with Gasteiger partial charge in [-0.15, -0.1) is 0 Å². The number of aliphatic imine (C=N–C) groups is 2. The molecule has 0 aliphatic rings. The first-order valence-electron chi connectivity index (χ1n) is 3.70. The minimum Gasteiger partial charge on any atom is -0.387 e. The molecule has 5 heteroatoms. The van der Waals surface area contributed by atoms with Gasteiger partial charge in [-0.25, -0.2) is 4.99 Å². The molecule has 0 aliphatic carbocycles. The van der Waals surface area contributed by atoms with Crippen molar-refractivity contribution in [3.63, 3.8) is 0 Å². The molecule has 1 amide bonds. The summed E-state index contributed by atoms with van der Waals surface area (Å²) in [4.78, 5) is 18.2. The third-order valence-electron chi connectivity index (χ3n) is 1.05. The lowest BCUT2D eigenvalue weighted by molar-refractivity contribution is -0.119. The van der Waals surface area contributed by atoms with E-state index in [4.69, 9.17) is 5.73 Å². The highest BCUT2D eigenvalue weighted by atomic mass is 16.1. The third-order valence-corrected chi connectivity index (χ3v) is 1.05. The van der Waals surface area contributed by atoms with Crippen molar-refractivity contribution in [2.45, 2.75) is 13.3 Å². The SMILES string of the molecule is CCNC(=O)CC(N)=NC=NC. The second-order valence-corrected chi connectivity index (χ2v) is 2.12. The van der Waals surface area contributed by atoms with Crippen molar-refractivity contribution >= 4 is 18.1 Å². The topological polar surface area (TPSA) is 79.8 Å². The average Bonchev–Trinajstić information content (AvgIpc) is 2.01. The molecule has 0 rings (SSSR count). The van der Waals surface area contributed by atoms with E-state index in [2.05, 4.69) is 15.3 Å². The van der Waals surface area contributed by atoms with Gasteiger partial charge < -0.3 is 11.1 Å². The summed E-state index contributed by atoms with van der Waals surface area (Å²) >= 11 is 0. The Balaban J connectivity index is 3.82. The molecule has 0 saturated heterocycles. The summed E-state index contributed by atoms with van der Waals surface area (Å²) in [5.41, 5.74) is 5.39. The van der Waals surface area contributed by atoms with Crippen LogP contribution in [0.2, 0.25) is 0 Å². The molecule has 0 spiro atoms. The van der Waals surface area contributed by atoms with Crippen molar-refractivity contribution in [1.29, 1.82) is 0 Å². The van der Waals surface area contributed by atoms with E-state index in [1.807, 2.05) is 6.92 Å². The van der Waals surface area contributed by atoms with Crippen LogP contribution in [0.15, 0.2) is 9.98 Å². The predicted octanol–water partition coefficient (Wildman–Crippen LogP) is -0.472. The van der Waals surface area contributed by atoms with Crippen LogP contribution in [0, 0.1) is 0 Å². The molecule has 0 aromatic rings. The smallest absolute Gasteiger partial charge is 0.227 e. The largest absolute Gasteiger partial charge is 0.387 e. The highest BCUT2D eigenvalue weighted by molar-refractivity contribution is 6.01. The monoisotopic (exact) mass is 170 g/mol. The molecule has 0 fully saturated rings. The summed E-state index contributed by atoms with van der Waals surface area (Å²) in [6, 6.07) is 0. The summed E-state index contributed by atoms with van der Waals surface area (Å²) in [5, 5.41) is 2.61. The van der Waals surface area contributed by atoms with Gasteiger partial charge in [-0.2, -0.15) is 0 Å². The van der Waals surface area contributed by atoms with Crippen LogP contribution in [0.3, 0.4) is 0 Å². The van der Waals surface area contributed by atoms with Gasteiger partial charge in [0.15, 0.2) is 0 Å². The number of rotatable bonds is 4. The summed E-state index contributed by atoms with van der Waals surface area (Å²) in [6.45, 7) is 2.45. The molecule has 0 atom stereocenters. The third kappa shape index (κ3) is 5.40. The minimum absolute atomic E-state index is 0.122. The summed E-state index contributed by atoms with van der Waals surface area (Å²) in [6.07, 6.45) is 1.44. The van der Waals surface area contributed by atoms with Gasteiger partial charge in [-0.1, -0.05) is 0 Å². The van der Waals surface area contributed by atoms with E-state index in [1.165, 1.54) is 6.34 Å². The lowest BCUT2D eigenvalue weighted by atomic mass is 10.4. The Hall–Kier alpha value is -1.39. The lowest BCUT2D eigenvalue weighted by Crippen LogP contribution is -2.28. The molecular formula is C7H14N4O. The molecule has 12 heavy (non-hydrogen) atoms. The minimum atomic E-state index is -0.122. The molecule has 3 N–H and O–H groups in total. The second-order valence-electron chi connectivity index (χ2n) is 2.12. The van der Waals surface area contributed by atoms with Crippen molar-refractivity contribution in [2.24, 2.45) is 15.7 Å². The van der Waals surface area contributed by atoms with Gasteiger partial charge in [0.2, 0.25) is 5.91 Å². The Morgan fingerprint density at radius 3 is 2.83 bits per heavy atom. The molecule has 0 aromatic heterocycles. The quantitative estimate of drug-likeness (QED) is 0.441. The summed E-state index contributed by atoms with van der Waals surface area (Å²) in [7, 11) is 1.59. The zero-order valence-corrected chi connectivity index (χ0v) is 7.37. The van der Waals surface area contributed by atoms with E-state index in [1.54, 1.807) is 7.05 Å². The van der Waals surface area contributed by atoms with Gasteiger partial charge in [0, 0.05) is 13.6 Å². The normalized spacial score (nSPS) is 12.0. The fourth-order valence-corrected chi connectivity index (χ4v) is 0.602. The fourth-order valence-electron chi connectivity index (χ4n) is 0.602. The number of carbonyl (C=O) groups excluding carboxylic acids is 1. The maximum atomic E-state index is 10.9. The number of nitrogens with two attached hydrogens (primary N) is 1. The first kappa shape index (κ1) is 10.6. The van der Waals surface area contributed by atoms with E-state index < -0.39 is 0 Å². The summed E-state index contributed by atoms with van der Waals surface area (Å²) < 4.78 is 0. The molecule has 5 nitrogen and oxygen atoms in total. The van der Waals surface area contributed by atoms with Crippen LogP contribution in [0.25, 0.3) is 0 Å². The average molecular weight is 170 g/mol. The predicted molar refractivity (Wildman–Crippen MR) is 49.3 cm³/mol. The van der Waals surface area contributed by atoms with Gasteiger partial charge >= 0.3 is 0 Å². The number of carbonyl (C=O) groups is 1. The zero-order chi connectivity index (χ0) is 9.40. The highest BCUT2D eigenvalue weighted by Gasteiger charge is 2.00. The Labute approximate surface area is 71.8 Å². The molecule has 0 aliphatic heterocycles. The Kier molecular flexibility index (Phi) is 5.60. The fraction of sp³-hybridized carbons (Fsp3) is 0.571. The second kappa shape index (κ2) is 6.33. The number of amides is 1. The lowest BCUT2D eigenvalue weighted by Gasteiger charge is -1.99. The first-order chi connectivity index (χ1) is 5.70. The number of nitrogens with zero attached hydrogens (tertiary/aromatic N) is 2. The van der Waals surface area contributed by atoms with Crippen LogP contribution in [-0.2, 0) is 4.79 Å². The van der Waals surface area contributed by atoms with Crippen LogP contribution in [0.5, 0.6) is 0 Å². The van der Waals surface area contributed by atoms with Crippen LogP contribution in [-0.4, -0.2) is 31.7 Å². The van der Waals surface area contributed by atoms with E-state index in [-0.39, 0.29) is 18.2 Å². The summed E-state index contributed by atoms with van der Waals surface area (Å²) in [5.74, 6) is 0.148. The number of amidine groups is 1. The molecule has 0 saturated carbocycles. The molecule has 68 valence electrons. The molecule has 0 heterocycles. The highest BCUT2D eigenvalue weighted by Crippen LogP contribution is 1.79. The van der Waals surface area contributed by atoms with Crippen molar-refractivity contribution < 1.29 is 4.79 Å². The van der Waals surface area contributed by atoms with Gasteiger partial charge in [0.25, 0.3) is 0 Å². The van der Waals surface area contributed by atoms with Crippen molar-refractivity contribution in [3.05, 3.63) is 0 Å². The van der Waals surface area contributed by atoms with Gasteiger partial charge in [-0.05, 0) is 6.92 Å². The first-order valence-corrected chi connectivity index (χ1v) is 3.70. The van der Waals surface area contributed by atoms with Crippen molar-refractivity contribution in [1.82, 2.24) is 5.32 Å². The molecule has 0 bridgehead atoms. The number of nitrogens with one attached hydrogen (secondary N) is 1.